The van der Waals surface area contributed by atoms with E-state index in [4.69, 9.17) is 4.42 Å². The van der Waals surface area contributed by atoms with Crippen LogP contribution >= 0.6 is 0 Å². The lowest BCUT2D eigenvalue weighted by Gasteiger charge is -2.44. The summed E-state index contributed by atoms with van der Waals surface area (Å²) in [4.78, 5) is 42.5. The third-order valence-corrected chi connectivity index (χ3v) is 6.69. The van der Waals surface area contributed by atoms with Crippen LogP contribution in [0, 0.1) is 18.8 Å². The molecule has 7 nitrogen and oxygen atoms in total. The molecule has 0 unspecified atom stereocenters. The molecule has 3 atom stereocenters. The number of fused-ring (bicyclic) bond motifs is 1. The lowest BCUT2D eigenvalue weighted by Crippen LogP contribution is -2.67. The number of furan rings is 1. The van der Waals surface area contributed by atoms with Crippen LogP contribution in [-0.4, -0.2) is 40.7 Å². The molecule has 2 aromatic rings. The van der Waals surface area contributed by atoms with Crippen LogP contribution in [0.4, 0.5) is 0 Å². The number of nitrogens with one attached hydrogen (secondary N) is 2. The average molecular weight is 466 g/mol. The Balaban J connectivity index is 1.73. The molecule has 1 fully saturated rings. The van der Waals surface area contributed by atoms with E-state index in [1.165, 1.54) is 16.0 Å². The van der Waals surface area contributed by atoms with E-state index >= 15 is 0 Å². The summed E-state index contributed by atoms with van der Waals surface area (Å²) < 4.78 is 5.86. The van der Waals surface area contributed by atoms with Crippen molar-refractivity contribution in [2.45, 2.75) is 78.0 Å². The maximum Gasteiger partial charge on any atom is 0.250 e. The highest BCUT2D eigenvalue weighted by molar-refractivity contribution is 6.00. The number of hydrogen-bond donors (Lipinski definition) is 2. The molecule has 1 aliphatic carbocycles. The average Bonchev–Trinajstić information content (AvgIpc) is 3.38. The molecule has 7 heteroatoms. The van der Waals surface area contributed by atoms with Crippen LogP contribution in [0.15, 0.2) is 40.8 Å². The van der Waals surface area contributed by atoms with Crippen molar-refractivity contribution in [1.29, 1.82) is 0 Å². The first-order chi connectivity index (χ1) is 16.2. The minimum absolute atomic E-state index is 0.0523. The van der Waals surface area contributed by atoms with Gasteiger partial charge in [-0.05, 0) is 75.1 Å². The number of benzene rings is 1. The van der Waals surface area contributed by atoms with Crippen LogP contribution in [-0.2, 0) is 27.2 Å². The van der Waals surface area contributed by atoms with Gasteiger partial charge < -0.3 is 20.0 Å². The Morgan fingerprint density at radius 2 is 1.74 bits per heavy atom. The molecular weight excluding hydrogens is 430 g/mol. The van der Waals surface area contributed by atoms with Crippen molar-refractivity contribution in [2.24, 2.45) is 11.8 Å². The highest BCUT2D eigenvalue weighted by Gasteiger charge is 2.50. The molecule has 1 aromatic heterocycles. The van der Waals surface area contributed by atoms with Gasteiger partial charge in [0.05, 0.1) is 0 Å². The molecule has 2 aliphatic rings. The van der Waals surface area contributed by atoms with Gasteiger partial charge in [-0.1, -0.05) is 38.1 Å². The Kier molecular flexibility index (Phi) is 6.82. The van der Waals surface area contributed by atoms with Gasteiger partial charge in [0.25, 0.3) is 5.91 Å². The molecule has 0 spiro atoms. The first-order valence-corrected chi connectivity index (χ1v) is 12.2. The van der Waals surface area contributed by atoms with Crippen LogP contribution in [0.1, 0.15) is 62.8 Å². The monoisotopic (exact) mass is 465 g/mol. The number of hydrogen-bond acceptors (Lipinski definition) is 4. The molecule has 1 saturated heterocycles. The van der Waals surface area contributed by atoms with Gasteiger partial charge in [0.15, 0.2) is 6.04 Å². The normalized spacial score (nSPS) is 21.7. The van der Waals surface area contributed by atoms with Crippen molar-refractivity contribution in [1.82, 2.24) is 15.5 Å². The number of carbonyl (C=O) groups is 3. The summed E-state index contributed by atoms with van der Waals surface area (Å²) in [5.41, 5.74) is 2.42. The molecule has 2 N–H and O–H groups in total. The molecule has 4 rings (SSSR count). The molecule has 0 radical (unpaired) electrons. The fraction of sp³-hybridized carbons (Fsp3) is 0.519. The number of amides is 3. The molecule has 34 heavy (non-hydrogen) atoms. The van der Waals surface area contributed by atoms with Crippen molar-refractivity contribution >= 4 is 17.7 Å². The maximum atomic E-state index is 14.1. The molecule has 2 heterocycles. The van der Waals surface area contributed by atoms with Crippen molar-refractivity contribution in [2.75, 3.05) is 0 Å². The zero-order chi connectivity index (χ0) is 24.6. The fourth-order valence-corrected chi connectivity index (χ4v) is 5.23. The minimum atomic E-state index is -1.01. The van der Waals surface area contributed by atoms with Crippen molar-refractivity contribution in [3.63, 3.8) is 0 Å². The molecule has 182 valence electrons. The van der Waals surface area contributed by atoms with Crippen LogP contribution in [0.2, 0.25) is 0 Å². The highest BCUT2D eigenvalue weighted by Crippen LogP contribution is 2.35. The largest absolute Gasteiger partial charge is 0.464 e. The Labute approximate surface area is 201 Å². The lowest BCUT2D eigenvalue weighted by atomic mass is 9.88. The van der Waals surface area contributed by atoms with Crippen LogP contribution in [0.3, 0.4) is 0 Å². The number of carbonyl (C=O) groups excluding carboxylic acids is 3. The van der Waals surface area contributed by atoms with E-state index in [1.807, 2.05) is 39.8 Å². The third-order valence-electron chi connectivity index (χ3n) is 6.69. The summed E-state index contributed by atoms with van der Waals surface area (Å²) in [6.07, 6.45) is 1.90. The second kappa shape index (κ2) is 9.65. The second-order valence-corrected chi connectivity index (χ2v) is 10.3. The van der Waals surface area contributed by atoms with Crippen LogP contribution in [0.25, 0.3) is 0 Å². The van der Waals surface area contributed by atoms with Gasteiger partial charge in [0.2, 0.25) is 11.8 Å². The van der Waals surface area contributed by atoms with E-state index in [1.54, 1.807) is 19.1 Å². The fourth-order valence-electron chi connectivity index (χ4n) is 5.23. The van der Waals surface area contributed by atoms with Gasteiger partial charge >= 0.3 is 0 Å². The van der Waals surface area contributed by atoms with Gasteiger partial charge in [-0.3, -0.25) is 14.4 Å². The van der Waals surface area contributed by atoms with Gasteiger partial charge in [0, 0.05) is 6.04 Å². The van der Waals surface area contributed by atoms with Gasteiger partial charge in [-0.25, -0.2) is 0 Å². The molecule has 0 bridgehead atoms. The first kappa shape index (κ1) is 24.0. The van der Waals surface area contributed by atoms with Crippen molar-refractivity contribution in [3.8, 4) is 0 Å². The SMILES string of the molecule is Cc1ccc([C@H](C(=O)NC(C)C)N2C(=O)[C@@H](C3Cc4ccccc4C3)NC(=O)[C@H]2CC(C)C)o1. The molecule has 1 aromatic carbocycles. The standard InChI is InChI=1S/C27H35N3O4/c1-15(2)12-21-25(31)29-23(20-13-18-8-6-7-9-19(18)14-20)27(33)30(21)24(26(32)28-16(3)4)22-11-10-17(5)34-22/h6-11,15-16,20-21,23-24H,12-14H2,1-5H3,(H,28,32)(H,29,31)/t21-,23-,24-/m1/s1. The summed E-state index contributed by atoms with van der Waals surface area (Å²) in [6.45, 7) is 9.57. The maximum absolute atomic E-state index is 14.1. The van der Waals surface area contributed by atoms with Crippen molar-refractivity contribution < 1.29 is 18.8 Å². The number of nitrogens with zero attached hydrogens (tertiary/aromatic N) is 1. The number of rotatable bonds is 7. The molecular formula is C27H35N3O4. The summed E-state index contributed by atoms with van der Waals surface area (Å²) in [5.74, 6) is 0.361. The minimum Gasteiger partial charge on any atom is -0.464 e. The summed E-state index contributed by atoms with van der Waals surface area (Å²) in [6, 6.07) is 9.09. The predicted octanol–water partition coefficient (Wildman–Crippen LogP) is 3.31. The highest BCUT2D eigenvalue weighted by atomic mass is 16.3. The molecule has 1 aliphatic heterocycles. The van der Waals surface area contributed by atoms with E-state index in [-0.39, 0.29) is 35.6 Å². The quantitative estimate of drug-likeness (QED) is 0.656. The Hall–Kier alpha value is -3.09. The van der Waals surface area contributed by atoms with E-state index < -0.39 is 18.1 Å². The van der Waals surface area contributed by atoms with E-state index in [2.05, 4.69) is 22.8 Å². The van der Waals surface area contributed by atoms with Gasteiger partial charge in [0.1, 0.15) is 23.6 Å². The molecule has 3 amide bonds. The van der Waals surface area contributed by atoms with Crippen LogP contribution in [0.5, 0.6) is 0 Å². The Morgan fingerprint density at radius 3 is 2.26 bits per heavy atom. The molecule has 0 saturated carbocycles. The predicted molar refractivity (Wildman–Crippen MR) is 129 cm³/mol. The zero-order valence-corrected chi connectivity index (χ0v) is 20.6. The lowest BCUT2D eigenvalue weighted by molar-refractivity contribution is -0.158. The number of piperazine rings is 1. The van der Waals surface area contributed by atoms with Gasteiger partial charge in [-0.15, -0.1) is 0 Å². The number of aryl methyl sites for hydroxylation is 1. The van der Waals surface area contributed by atoms with E-state index in [9.17, 15) is 14.4 Å². The van der Waals surface area contributed by atoms with E-state index in [0.29, 0.717) is 17.9 Å². The summed E-state index contributed by atoms with van der Waals surface area (Å²) in [7, 11) is 0. The Bertz CT molecular complexity index is 1050. The summed E-state index contributed by atoms with van der Waals surface area (Å²) >= 11 is 0. The van der Waals surface area contributed by atoms with Crippen molar-refractivity contribution in [3.05, 3.63) is 59.0 Å². The van der Waals surface area contributed by atoms with Crippen LogP contribution < -0.4 is 10.6 Å². The smallest absolute Gasteiger partial charge is 0.250 e. The third kappa shape index (κ3) is 4.74. The summed E-state index contributed by atoms with van der Waals surface area (Å²) in [5, 5.41) is 5.96. The topological polar surface area (TPSA) is 91.7 Å². The zero-order valence-electron chi connectivity index (χ0n) is 20.6. The van der Waals surface area contributed by atoms with E-state index in [0.717, 1.165) is 12.8 Å². The Morgan fingerprint density at radius 1 is 1.09 bits per heavy atom. The second-order valence-electron chi connectivity index (χ2n) is 10.3. The van der Waals surface area contributed by atoms with Gasteiger partial charge in [-0.2, -0.15) is 0 Å². The first-order valence-electron chi connectivity index (χ1n) is 12.2.